The van der Waals surface area contributed by atoms with Crippen LogP contribution in [-0.2, 0) is 4.74 Å². The summed E-state index contributed by atoms with van der Waals surface area (Å²) in [7, 11) is 0. The number of aromatic amines is 1. The molecule has 16 heavy (non-hydrogen) atoms. The Morgan fingerprint density at radius 3 is 2.81 bits per heavy atom. The Morgan fingerprint density at radius 2 is 2.25 bits per heavy atom. The van der Waals surface area contributed by atoms with Crippen LogP contribution >= 0.6 is 0 Å². The van der Waals surface area contributed by atoms with Gasteiger partial charge in [-0.2, -0.15) is 5.10 Å². The Hall–Kier alpha value is -2.38. The summed E-state index contributed by atoms with van der Waals surface area (Å²) >= 11 is 0. The number of primary amides is 1. The van der Waals surface area contributed by atoms with E-state index in [1.807, 2.05) is 0 Å². The van der Waals surface area contributed by atoms with Crippen molar-refractivity contribution in [1.82, 2.24) is 15.5 Å². The van der Waals surface area contributed by atoms with Crippen LogP contribution < -0.4 is 16.6 Å². The Balaban J connectivity index is 2.38. The lowest BCUT2D eigenvalue weighted by atomic mass is 10.3. The number of ether oxygens (including phenoxy) is 1. The zero-order chi connectivity index (χ0) is 12.0. The van der Waals surface area contributed by atoms with Crippen LogP contribution in [0.25, 0.3) is 0 Å². The number of aromatic nitrogens is 2. The monoisotopic (exact) mass is 226 g/mol. The summed E-state index contributed by atoms with van der Waals surface area (Å²) in [4.78, 5) is 32.2. The molecule has 0 unspecified atom stereocenters. The van der Waals surface area contributed by atoms with Gasteiger partial charge >= 0.3 is 6.09 Å². The molecule has 0 saturated carbocycles. The van der Waals surface area contributed by atoms with Crippen LogP contribution in [0.2, 0.25) is 0 Å². The second-order valence-corrected chi connectivity index (χ2v) is 2.73. The zero-order valence-electron chi connectivity index (χ0n) is 8.23. The minimum atomic E-state index is -0.906. The second kappa shape index (κ2) is 5.49. The van der Waals surface area contributed by atoms with Crippen LogP contribution in [0.3, 0.4) is 0 Å². The lowest BCUT2D eigenvalue weighted by Crippen LogP contribution is -2.30. The van der Waals surface area contributed by atoms with Gasteiger partial charge in [-0.05, 0) is 6.07 Å². The number of hydrogen-bond acceptors (Lipinski definition) is 5. The van der Waals surface area contributed by atoms with Gasteiger partial charge in [0, 0.05) is 6.07 Å². The molecule has 2 amide bonds. The average molecular weight is 226 g/mol. The molecule has 0 saturated heterocycles. The van der Waals surface area contributed by atoms with Crippen molar-refractivity contribution in [3.8, 4) is 0 Å². The molecule has 0 fully saturated rings. The van der Waals surface area contributed by atoms with Gasteiger partial charge in [-0.1, -0.05) is 0 Å². The van der Waals surface area contributed by atoms with Crippen LogP contribution in [0.1, 0.15) is 10.5 Å². The van der Waals surface area contributed by atoms with Gasteiger partial charge in [0.1, 0.15) is 12.3 Å². The standard InChI is InChI=1S/C8H10N4O4/c9-8(15)16-4-3-10-7(14)5-1-2-6(13)12-11-5/h1-2H,3-4H2,(H2,9,15)(H,10,14)(H,12,13). The first-order valence-corrected chi connectivity index (χ1v) is 4.36. The number of rotatable bonds is 4. The van der Waals surface area contributed by atoms with Gasteiger partial charge < -0.3 is 15.8 Å². The van der Waals surface area contributed by atoms with Gasteiger partial charge in [0.2, 0.25) is 0 Å². The van der Waals surface area contributed by atoms with E-state index in [2.05, 4.69) is 20.3 Å². The van der Waals surface area contributed by atoms with E-state index >= 15 is 0 Å². The number of carbonyl (C=O) groups is 2. The van der Waals surface area contributed by atoms with E-state index in [0.717, 1.165) is 0 Å². The van der Waals surface area contributed by atoms with Crippen molar-refractivity contribution in [3.63, 3.8) is 0 Å². The first-order valence-electron chi connectivity index (χ1n) is 4.36. The number of nitrogens with zero attached hydrogens (tertiary/aromatic N) is 1. The summed E-state index contributed by atoms with van der Waals surface area (Å²) in [5.74, 6) is -0.482. The molecule has 0 spiro atoms. The number of nitrogens with one attached hydrogen (secondary N) is 2. The summed E-state index contributed by atoms with van der Waals surface area (Å²) in [6, 6.07) is 2.46. The Labute approximate surface area is 89.8 Å². The number of nitrogens with two attached hydrogens (primary N) is 1. The van der Waals surface area contributed by atoms with E-state index in [0.29, 0.717) is 0 Å². The predicted octanol–water partition coefficient (Wildman–Crippen LogP) is -1.40. The lowest BCUT2D eigenvalue weighted by molar-refractivity contribution is 0.0931. The van der Waals surface area contributed by atoms with Crippen molar-refractivity contribution < 1.29 is 14.3 Å². The topological polar surface area (TPSA) is 127 Å². The summed E-state index contributed by atoms with van der Waals surface area (Å²) < 4.78 is 4.39. The maximum Gasteiger partial charge on any atom is 0.404 e. The highest BCUT2D eigenvalue weighted by atomic mass is 16.5. The van der Waals surface area contributed by atoms with Crippen molar-refractivity contribution in [1.29, 1.82) is 0 Å². The van der Waals surface area contributed by atoms with Gasteiger partial charge in [0.15, 0.2) is 0 Å². The summed E-state index contributed by atoms with van der Waals surface area (Å²) in [5, 5.41) is 8.05. The first-order chi connectivity index (χ1) is 7.59. The minimum Gasteiger partial charge on any atom is -0.448 e. The Morgan fingerprint density at radius 1 is 1.50 bits per heavy atom. The highest BCUT2D eigenvalue weighted by molar-refractivity contribution is 5.91. The van der Waals surface area contributed by atoms with Gasteiger partial charge in [0.25, 0.3) is 11.5 Å². The summed E-state index contributed by atoms with van der Waals surface area (Å²) in [6.07, 6.45) is -0.906. The predicted molar refractivity (Wildman–Crippen MR) is 52.7 cm³/mol. The van der Waals surface area contributed by atoms with Crippen molar-refractivity contribution in [2.45, 2.75) is 0 Å². The number of H-pyrrole nitrogens is 1. The van der Waals surface area contributed by atoms with E-state index in [9.17, 15) is 14.4 Å². The van der Waals surface area contributed by atoms with Crippen LogP contribution in [0.4, 0.5) is 4.79 Å². The molecule has 0 aliphatic rings. The smallest absolute Gasteiger partial charge is 0.404 e. The molecule has 1 rings (SSSR count). The summed E-state index contributed by atoms with van der Waals surface area (Å²) in [5.41, 5.74) is 4.38. The van der Waals surface area contributed by atoms with Gasteiger partial charge in [-0.3, -0.25) is 9.59 Å². The van der Waals surface area contributed by atoms with Gasteiger partial charge in [-0.25, -0.2) is 9.89 Å². The maximum absolute atomic E-state index is 11.3. The van der Waals surface area contributed by atoms with Gasteiger partial charge in [0.05, 0.1) is 6.54 Å². The highest BCUT2D eigenvalue weighted by Crippen LogP contribution is 1.87. The molecule has 1 heterocycles. The van der Waals surface area contributed by atoms with Crippen LogP contribution in [0.15, 0.2) is 16.9 Å². The quantitative estimate of drug-likeness (QED) is 0.544. The molecular formula is C8H10N4O4. The van der Waals surface area contributed by atoms with Crippen molar-refractivity contribution in [2.75, 3.05) is 13.2 Å². The molecule has 1 aromatic rings. The fraction of sp³-hybridized carbons (Fsp3) is 0.250. The van der Waals surface area contributed by atoms with E-state index in [4.69, 9.17) is 5.73 Å². The van der Waals surface area contributed by atoms with Crippen molar-refractivity contribution >= 4 is 12.0 Å². The molecule has 0 aliphatic heterocycles. The van der Waals surface area contributed by atoms with Crippen LogP contribution in [0, 0.1) is 0 Å². The molecule has 0 aromatic carbocycles. The fourth-order valence-electron chi connectivity index (χ4n) is 0.878. The first kappa shape index (κ1) is 11.7. The van der Waals surface area contributed by atoms with Crippen LogP contribution in [0.5, 0.6) is 0 Å². The zero-order valence-corrected chi connectivity index (χ0v) is 8.23. The van der Waals surface area contributed by atoms with E-state index in [-0.39, 0.29) is 18.8 Å². The number of hydrogen-bond donors (Lipinski definition) is 3. The lowest BCUT2D eigenvalue weighted by Gasteiger charge is -2.03. The summed E-state index contributed by atoms with van der Waals surface area (Å²) in [6.45, 7) is 0.0903. The Kier molecular flexibility index (Phi) is 4.01. The second-order valence-electron chi connectivity index (χ2n) is 2.73. The third-order valence-corrected chi connectivity index (χ3v) is 1.54. The fourth-order valence-corrected chi connectivity index (χ4v) is 0.878. The van der Waals surface area contributed by atoms with Crippen molar-refractivity contribution in [3.05, 3.63) is 28.2 Å². The molecular weight excluding hydrogens is 216 g/mol. The number of amides is 2. The maximum atomic E-state index is 11.3. The van der Waals surface area contributed by atoms with E-state index in [1.165, 1.54) is 12.1 Å². The largest absolute Gasteiger partial charge is 0.448 e. The molecule has 0 bridgehead atoms. The number of carbonyl (C=O) groups excluding carboxylic acids is 2. The third kappa shape index (κ3) is 3.78. The molecule has 1 aromatic heterocycles. The normalized spacial score (nSPS) is 9.50. The third-order valence-electron chi connectivity index (χ3n) is 1.54. The molecule has 4 N–H and O–H groups in total. The minimum absolute atomic E-state index is 0.0234. The van der Waals surface area contributed by atoms with E-state index < -0.39 is 17.6 Å². The molecule has 8 heteroatoms. The van der Waals surface area contributed by atoms with Crippen molar-refractivity contribution in [2.24, 2.45) is 5.73 Å². The average Bonchev–Trinajstić information content (AvgIpc) is 2.25. The highest BCUT2D eigenvalue weighted by Gasteiger charge is 2.06. The molecule has 0 atom stereocenters. The molecule has 86 valence electrons. The SMILES string of the molecule is NC(=O)OCCNC(=O)c1ccc(=O)[nH]n1. The molecule has 0 radical (unpaired) electrons. The molecule has 0 aliphatic carbocycles. The Bertz CT molecular complexity index is 421. The molecule has 8 nitrogen and oxygen atoms in total. The van der Waals surface area contributed by atoms with E-state index in [1.54, 1.807) is 0 Å². The van der Waals surface area contributed by atoms with Gasteiger partial charge in [-0.15, -0.1) is 0 Å². The van der Waals surface area contributed by atoms with Crippen LogP contribution in [-0.4, -0.2) is 35.3 Å².